The zero-order valence-electron chi connectivity index (χ0n) is 13.1. The third-order valence-corrected chi connectivity index (χ3v) is 4.86. The first-order valence-corrected chi connectivity index (χ1v) is 8.62. The van der Waals surface area contributed by atoms with E-state index in [0.29, 0.717) is 10.0 Å². The lowest BCUT2D eigenvalue weighted by Gasteiger charge is -2.14. The Morgan fingerprint density at radius 3 is 2.68 bits per heavy atom. The molecule has 130 valence electrons. The fourth-order valence-corrected chi connectivity index (χ4v) is 3.30. The van der Waals surface area contributed by atoms with Crippen molar-refractivity contribution < 1.29 is 23.6 Å². The molecule has 3 rings (SSSR count). The van der Waals surface area contributed by atoms with Crippen molar-refractivity contribution in [2.24, 2.45) is 5.16 Å². The monoisotopic (exact) mass is 381 g/mol. The first-order valence-electron chi connectivity index (χ1n) is 7.42. The number of Topliss-reactive ketones (excluding diaryl/α,β-unsaturated/α-hetero) is 1. The zero-order chi connectivity index (χ0) is 18.0. The molecule has 2 atom stereocenters. The number of hydrogen-bond donors (Lipinski definition) is 0. The summed E-state index contributed by atoms with van der Waals surface area (Å²) in [6.45, 7) is 1.46. The molecule has 0 radical (unpaired) electrons. The van der Waals surface area contributed by atoms with Crippen LogP contribution in [0.5, 0.6) is 0 Å². The van der Waals surface area contributed by atoms with Crippen LogP contribution in [0.15, 0.2) is 41.6 Å². The second kappa shape index (κ2) is 7.33. The molecule has 0 saturated carbocycles. The molecule has 2 aromatic rings. The molecule has 8 heteroatoms. The van der Waals surface area contributed by atoms with Crippen LogP contribution in [-0.4, -0.2) is 29.7 Å². The lowest BCUT2D eigenvalue weighted by atomic mass is 10.1. The molecule has 0 aliphatic carbocycles. The van der Waals surface area contributed by atoms with Gasteiger partial charge in [-0.25, -0.2) is 9.18 Å². The lowest BCUT2D eigenvalue weighted by molar-refractivity contribution is -0.158. The minimum atomic E-state index is -1.01. The molecule has 0 fully saturated rings. The quantitative estimate of drug-likeness (QED) is 0.583. The van der Waals surface area contributed by atoms with Crippen LogP contribution in [0.4, 0.5) is 4.39 Å². The maximum Gasteiger partial charge on any atom is 0.351 e. The van der Waals surface area contributed by atoms with Crippen LogP contribution in [-0.2, 0) is 14.4 Å². The van der Waals surface area contributed by atoms with Crippen molar-refractivity contribution in [3.05, 3.63) is 57.0 Å². The molecular formula is C17H13ClFNO4S. The Morgan fingerprint density at radius 1 is 1.32 bits per heavy atom. The summed E-state index contributed by atoms with van der Waals surface area (Å²) in [7, 11) is 0. The van der Waals surface area contributed by atoms with Crippen molar-refractivity contribution in [1.82, 2.24) is 0 Å². The standard InChI is InChI=1S/C17H13ClFNO4S/c1-9(16(21)10-2-4-11(19)5-3-10)23-17(22)13-8-12(20-24-13)14-6-7-15(18)25-14/h2-7,9,13H,8H2,1H3/t9-,13-/m1/s1. The topological polar surface area (TPSA) is 65.0 Å². The predicted molar refractivity (Wildman–Crippen MR) is 91.6 cm³/mol. The molecule has 0 bridgehead atoms. The van der Waals surface area contributed by atoms with E-state index in [4.69, 9.17) is 21.2 Å². The molecule has 1 aromatic carbocycles. The zero-order valence-corrected chi connectivity index (χ0v) is 14.6. The highest BCUT2D eigenvalue weighted by atomic mass is 35.5. The van der Waals surface area contributed by atoms with Crippen molar-refractivity contribution in [3.63, 3.8) is 0 Å². The second-order valence-electron chi connectivity index (χ2n) is 5.39. The fraction of sp³-hybridized carbons (Fsp3) is 0.235. The summed E-state index contributed by atoms with van der Waals surface area (Å²) in [5.41, 5.74) is 0.871. The Hall–Kier alpha value is -2.25. The third-order valence-electron chi connectivity index (χ3n) is 3.58. The van der Waals surface area contributed by atoms with Crippen molar-refractivity contribution in [2.45, 2.75) is 25.6 Å². The summed E-state index contributed by atoms with van der Waals surface area (Å²) >= 11 is 7.21. The number of ether oxygens (including phenoxy) is 1. The Bertz CT molecular complexity index is 833. The second-order valence-corrected chi connectivity index (χ2v) is 7.11. The van der Waals surface area contributed by atoms with Gasteiger partial charge in [-0.15, -0.1) is 11.3 Å². The molecule has 1 aliphatic rings. The van der Waals surface area contributed by atoms with E-state index < -0.39 is 29.8 Å². The molecule has 0 amide bonds. The number of carbonyl (C=O) groups is 2. The van der Waals surface area contributed by atoms with Gasteiger partial charge in [0, 0.05) is 12.0 Å². The van der Waals surface area contributed by atoms with Gasteiger partial charge in [0.2, 0.25) is 11.9 Å². The summed E-state index contributed by atoms with van der Waals surface area (Å²) in [5.74, 6) is -1.54. The maximum absolute atomic E-state index is 12.9. The summed E-state index contributed by atoms with van der Waals surface area (Å²) in [6.07, 6.45) is -1.67. The number of ketones is 1. The smallest absolute Gasteiger partial charge is 0.351 e. The highest BCUT2D eigenvalue weighted by molar-refractivity contribution is 7.18. The number of hydrogen-bond acceptors (Lipinski definition) is 6. The number of thiophene rings is 1. The largest absolute Gasteiger partial charge is 0.451 e. The van der Waals surface area contributed by atoms with Gasteiger partial charge >= 0.3 is 5.97 Å². The fourth-order valence-electron chi connectivity index (χ4n) is 2.27. The average Bonchev–Trinajstić information content (AvgIpc) is 3.23. The van der Waals surface area contributed by atoms with Crippen LogP contribution in [0.25, 0.3) is 0 Å². The van der Waals surface area contributed by atoms with E-state index in [-0.39, 0.29) is 12.0 Å². The molecule has 1 aliphatic heterocycles. The van der Waals surface area contributed by atoms with Crippen molar-refractivity contribution >= 4 is 40.4 Å². The van der Waals surface area contributed by atoms with Crippen LogP contribution in [0.3, 0.4) is 0 Å². The van der Waals surface area contributed by atoms with Gasteiger partial charge < -0.3 is 9.57 Å². The molecule has 0 saturated heterocycles. The highest BCUT2D eigenvalue weighted by Gasteiger charge is 2.33. The van der Waals surface area contributed by atoms with Gasteiger partial charge in [0.05, 0.1) is 9.21 Å². The Balaban J connectivity index is 1.57. The molecule has 5 nitrogen and oxygen atoms in total. The first-order chi connectivity index (χ1) is 11.9. The summed E-state index contributed by atoms with van der Waals surface area (Å²) in [4.78, 5) is 30.3. The normalized spacial score (nSPS) is 17.6. The minimum absolute atomic E-state index is 0.243. The van der Waals surface area contributed by atoms with E-state index in [2.05, 4.69) is 5.16 Å². The molecule has 25 heavy (non-hydrogen) atoms. The van der Waals surface area contributed by atoms with Gasteiger partial charge in [0.15, 0.2) is 6.10 Å². The number of nitrogens with zero attached hydrogens (tertiary/aromatic N) is 1. The molecule has 0 N–H and O–H groups in total. The van der Waals surface area contributed by atoms with Crippen LogP contribution in [0.2, 0.25) is 4.34 Å². The van der Waals surface area contributed by atoms with Gasteiger partial charge in [0.1, 0.15) is 11.5 Å². The molecule has 2 heterocycles. The number of esters is 1. The average molecular weight is 382 g/mol. The Morgan fingerprint density at radius 2 is 2.04 bits per heavy atom. The van der Waals surface area contributed by atoms with Gasteiger partial charge in [0.25, 0.3) is 0 Å². The predicted octanol–water partition coefficient (Wildman–Crippen LogP) is 3.85. The van der Waals surface area contributed by atoms with Crippen LogP contribution < -0.4 is 0 Å². The lowest BCUT2D eigenvalue weighted by Crippen LogP contribution is -2.31. The van der Waals surface area contributed by atoms with Crippen LogP contribution >= 0.6 is 22.9 Å². The summed E-state index contributed by atoms with van der Waals surface area (Å²) in [5, 5.41) is 3.88. The van der Waals surface area contributed by atoms with Gasteiger partial charge in [-0.2, -0.15) is 0 Å². The van der Waals surface area contributed by atoms with Crippen molar-refractivity contribution in [3.8, 4) is 0 Å². The van der Waals surface area contributed by atoms with Crippen molar-refractivity contribution in [1.29, 1.82) is 0 Å². The van der Waals surface area contributed by atoms with Gasteiger partial charge in [-0.1, -0.05) is 16.8 Å². The SMILES string of the molecule is C[C@@H](OC(=O)[C@H]1CC(c2ccc(Cl)s2)=NO1)C(=O)c1ccc(F)cc1. The number of rotatable bonds is 5. The summed E-state index contributed by atoms with van der Waals surface area (Å²) < 4.78 is 18.7. The van der Waals surface area contributed by atoms with Gasteiger partial charge in [-0.3, -0.25) is 4.79 Å². The van der Waals surface area contributed by atoms with E-state index >= 15 is 0 Å². The molecule has 0 unspecified atom stereocenters. The minimum Gasteiger partial charge on any atom is -0.451 e. The van der Waals surface area contributed by atoms with Gasteiger partial charge in [-0.05, 0) is 43.3 Å². The van der Waals surface area contributed by atoms with E-state index in [1.807, 2.05) is 0 Å². The number of oxime groups is 1. The van der Waals surface area contributed by atoms with E-state index in [1.54, 1.807) is 12.1 Å². The maximum atomic E-state index is 12.9. The highest BCUT2D eigenvalue weighted by Crippen LogP contribution is 2.26. The number of carbonyl (C=O) groups excluding carboxylic acids is 2. The third kappa shape index (κ3) is 4.05. The number of halogens is 2. The van der Waals surface area contributed by atoms with Crippen molar-refractivity contribution in [2.75, 3.05) is 0 Å². The number of benzene rings is 1. The first kappa shape index (κ1) is 17.6. The van der Waals surface area contributed by atoms with Crippen LogP contribution in [0, 0.1) is 5.82 Å². The molecular weight excluding hydrogens is 369 g/mol. The van der Waals surface area contributed by atoms with Crippen LogP contribution in [0.1, 0.15) is 28.6 Å². The molecule has 1 aromatic heterocycles. The van der Waals surface area contributed by atoms with E-state index in [9.17, 15) is 14.0 Å². The summed E-state index contributed by atoms with van der Waals surface area (Å²) in [6, 6.07) is 8.57. The van der Waals surface area contributed by atoms with E-state index in [1.165, 1.54) is 42.5 Å². The molecule has 0 spiro atoms. The Kier molecular flexibility index (Phi) is 5.15. The van der Waals surface area contributed by atoms with E-state index in [0.717, 1.165) is 4.88 Å². The Labute approximate surface area is 152 Å².